The highest BCUT2D eigenvalue weighted by atomic mass is 16.3. The van der Waals surface area contributed by atoms with Gasteiger partial charge in [0.25, 0.3) is 0 Å². The van der Waals surface area contributed by atoms with Crippen LogP contribution in [0.15, 0.2) is 0 Å². The van der Waals surface area contributed by atoms with Crippen LogP contribution in [0.1, 0.15) is 26.7 Å². The molecule has 0 saturated carbocycles. The van der Waals surface area contributed by atoms with Gasteiger partial charge in [0, 0.05) is 6.42 Å². The molecule has 0 aromatic carbocycles. The summed E-state index contributed by atoms with van der Waals surface area (Å²) in [6, 6.07) is 0. The highest BCUT2D eigenvalue weighted by Gasteiger charge is 2.04. The average molecular weight is 144 g/mol. The van der Waals surface area contributed by atoms with Crippen LogP contribution in [0.4, 0.5) is 0 Å². The van der Waals surface area contributed by atoms with Crippen LogP contribution < -0.4 is 5.32 Å². The molecule has 10 heavy (non-hydrogen) atoms. The summed E-state index contributed by atoms with van der Waals surface area (Å²) in [6.07, 6.45) is 2.18. The van der Waals surface area contributed by atoms with Crippen LogP contribution in [0.25, 0.3) is 0 Å². The highest BCUT2D eigenvalue weighted by Crippen LogP contribution is 1.91. The molecule has 2 N–H and O–H groups in total. The van der Waals surface area contributed by atoms with E-state index in [-0.39, 0.29) is 5.91 Å². The maximum absolute atomic E-state index is 10.6. The summed E-state index contributed by atoms with van der Waals surface area (Å²) in [4.78, 5) is 10.6. The van der Waals surface area contributed by atoms with Gasteiger partial charge in [-0.15, -0.1) is 0 Å². The zero-order chi connectivity index (χ0) is 7.98. The first-order valence-corrected chi connectivity index (χ1v) is 3.48. The topological polar surface area (TPSA) is 49.3 Å². The number of nitrogens with one attached hydrogen (secondary N) is 1. The van der Waals surface area contributed by atoms with Gasteiger partial charge in [0.15, 0.2) is 0 Å². The summed E-state index contributed by atoms with van der Waals surface area (Å²) in [6.45, 7) is 3.58. The number of amides is 1. The molecule has 0 bridgehead atoms. The van der Waals surface area contributed by atoms with Crippen LogP contribution in [0.5, 0.6) is 0 Å². The summed E-state index contributed by atoms with van der Waals surface area (Å²) in [7, 11) is 0. The molecule has 0 aliphatic carbocycles. The molecule has 3 nitrogen and oxygen atoms in total. The first kappa shape index (κ1) is 9.43. The molecule has 1 amide bonds. The van der Waals surface area contributed by atoms with Gasteiger partial charge in [-0.3, -0.25) is 4.79 Å². The summed E-state index contributed by atoms with van der Waals surface area (Å²) in [5.41, 5.74) is 0. The fourth-order valence-electron chi connectivity index (χ4n) is 0.593. The number of hydrogen-bond donors (Lipinski definition) is 2. The first-order chi connectivity index (χ1) is 4.70. The molecule has 0 spiro atoms. The van der Waals surface area contributed by atoms with Crippen molar-refractivity contribution < 1.29 is 9.90 Å². The predicted molar refractivity (Wildman–Crippen MR) is 39.0 cm³/mol. The largest absolute Gasteiger partial charge is 0.374 e. The smallest absolute Gasteiger partial charge is 0.225 e. The summed E-state index contributed by atoms with van der Waals surface area (Å²) in [5, 5.41) is 11.4. The minimum absolute atomic E-state index is 0.221. The Balaban J connectivity index is 3.37. The van der Waals surface area contributed by atoms with Crippen LogP contribution >= 0.6 is 0 Å². The Hall–Kier alpha value is -0.570. The molecule has 1 unspecified atom stereocenters. The molecule has 1 atom stereocenters. The molecular weight excluding hydrogens is 130 g/mol. The molecule has 0 aliphatic heterocycles. The van der Waals surface area contributed by atoms with Gasteiger partial charge >= 0.3 is 0 Å². The lowest BCUT2D eigenvalue weighted by Crippen LogP contribution is -2.33. The zero-order valence-electron chi connectivity index (χ0n) is 6.42. The minimum Gasteiger partial charge on any atom is -0.374 e. The van der Waals surface area contributed by atoms with E-state index in [0.717, 1.165) is 6.42 Å². The van der Waals surface area contributed by atoms with Crippen molar-refractivity contribution in [1.29, 1.82) is 0 Å². The number of hydrogen-bond acceptors (Lipinski definition) is 2. The van der Waals surface area contributed by atoms with Crippen molar-refractivity contribution in [3.63, 3.8) is 0 Å². The maximum atomic E-state index is 10.6. The van der Waals surface area contributed by atoms with E-state index in [0.29, 0.717) is 6.42 Å². The standard InChI is InChI=1S/C7H14NO2/c1-3-5-7(10)8-6(9)4-2/h4,7,10H,3,5H2,1-2H3,(H,8,9). The maximum Gasteiger partial charge on any atom is 0.225 e. The second kappa shape index (κ2) is 5.23. The Morgan fingerprint density at radius 2 is 2.40 bits per heavy atom. The fourth-order valence-corrected chi connectivity index (χ4v) is 0.593. The molecule has 1 radical (unpaired) electrons. The SMILES string of the molecule is C[CH]C(=O)NC(O)CCC. The highest BCUT2D eigenvalue weighted by molar-refractivity contribution is 5.84. The summed E-state index contributed by atoms with van der Waals surface area (Å²) >= 11 is 0. The minimum atomic E-state index is -0.686. The quantitative estimate of drug-likeness (QED) is 0.563. The molecule has 0 aromatic rings. The van der Waals surface area contributed by atoms with Crippen LogP contribution in [-0.2, 0) is 4.79 Å². The third kappa shape index (κ3) is 4.32. The van der Waals surface area contributed by atoms with Crippen molar-refractivity contribution in [3.05, 3.63) is 6.42 Å². The van der Waals surface area contributed by atoms with Crippen molar-refractivity contribution in [3.8, 4) is 0 Å². The molecule has 0 aliphatic rings. The first-order valence-electron chi connectivity index (χ1n) is 3.48. The van der Waals surface area contributed by atoms with E-state index in [9.17, 15) is 4.79 Å². The van der Waals surface area contributed by atoms with E-state index in [4.69, 9.17) is 5.11 Å². The van der Waals surface area contributed by atoms with E-state index in [1.165, 1.54) is 6.42 Å². The molecule has 3 heteroatoms. The Bertz CT molecular complexity index is 104. The van der Waals surface area contributed by atoms with E-state index < -0.39 is 6.23 Å². The Labute approximate surface area is 61.4 Å². The molecule has 0 heterocycles. The fraction of sp³-hybridized carbons (Fsp3) is 0.714. The lowest BCUT2D eigenvalue weighted by Gasteiger charge is -2.09. The van der Waals surface area contributed by atoms with E-state index in [2.05, 4.69) is 5.32 Å². The van der Waals surface area contributed by atoms with Gasteiger partial charge in [0.1, 0.15) is 6.23 Å². The second-order valence-electron chi connectivity index (χ2n) is 2.10. The van der Waals surface area contributed by atoms with E-state index in [1.807, 2.05) is 6.92 Å². The average Bonchev–Trinajstić information content (AvgIpc) is 1.88. The van der Waals surface area contributed by atoms with Gasteiger partial charge < -0.3 is 10.4 Å². The molecule has 0 aromatic heterocycles. The van der Waals surface area contributed by atoms with Gasteiger partial charge in [-0.25, -0.2) is 0 Å². The van der Waals surface area contributed by atoms with Crippen molar-refractivity contribution in [2.24, 2.45) is 0 Å². The normalized spacial score (nSPS) is 12.7. The number of carbonyl (C=O) groups is 1. The van der Waals surface area contributed by atoms with Gasteiger partial charge in [-0.2, -0.15) is 0 Å². The number of rotatable bonds is 4. The third-order valence-corrected chi connectivity index (χ3v) is 1.13. The van der Waals surface area contributed by atoms with Crippen molar-refractivity contribution in [1.82, 2.24) is 5.32 Å². The number of aliphatic hydroxyl groups is 1. The van der Waals surface area contributed by atoms with Gasteiger partial charge in [-0.1, -0.05) is 20.3 Å². The number of carbonyl (C=O) groups excluding carboxylic acids is 1. The Morgan fingerprint density at radius 1 is 1.80 bits per heavy atom. The molecular formula is C7H14NO2. The van der Waals surface area contributed by atoms with Crippen LogP contribution in [0.3, 0.4) is 0 Å². The lowest BCUT2D eigenvalue weighted by molar-refractivity contribution is -0.120. The van der Waals surface area contributed by atoms with Gasteiger partial charge in [-0.05, 0) is 6.42 Å². The van der Waals surface area contributed by atoms with Crippen LogP contribution in [-0.4, -0.2) is 17.2 Å². The van der Waals surface area contributed by atoms with Crippen LogP contribution in [0.2, 0.25) is 0 Å². The summed E-state index contributed by atoms with van der Waals surface area (Å²) < 4.78 is 0. The summed E-state index contributed by atoms with van der Waals surface area (Å²) in [5.74, 6) is -0.221. The van der Waals surface area contributed by atoms with Crippen molar-refractivity contribution in [2.45, 2.75) is 32.9 Å². The van der Waals surface area contributed by atoms with Crippen LogP contribution in [0, 0.1) is 6.42 Å². The molecule has 59 valence electrons. The molecule has 0 fully saturated rings. The van der Waals surface area contributed by atoms with Crippen molar-refractivity contribution >= 4 is 5.91 Å². The Morgan fingerprint density at radius 3 is 2.80 bits per heavy atom. The second-order valence-corrected chi connectivity index (χ2v) is 2.10. The van der Waals surface area contributed by atoms with Crippen molar-refractivity contribution in [2.75, 3.05) is 0 Å². The predicted octanol–water partition coefficient (Wildman–Crippen LogP) is 0.445. The van der Waals surface area contributed by atoms with E-state index in [1.54, 1.807) is 6.92 Å². The van der Waals surface area contributed by atoms with E-state index >= 15 is 0 Å². The van der Waals surface area contributed by atoms with Gasteiger partial charge in [0.05, 0.1) is 0 Å². The number of aliphatic hydroxyl groups excluding tert-OH is 1. The molecule has 0 rings (SSSR count). The monoisotopic (exact) mass is 144 g/mol. The zero-order valence-corrected chi connectivity index (χ0v) is 6.42. The molecule has 0 saturated heterocycles. The Kier molecular flexibility index (Phi) is 4.94. The third-order valence-electron chi connectivity index (χ3n) is 1.13. The lowest BCUT2D eigenvalue weighted by atomic mass is 10.3. The van der Waals surface area contributed by atoms with Gasteiger partial charge in [0.2, 0.25) is 5.91 Å².